The van der Waals surface area contributed by atoms with Gasteiger partial charge >= 0.3 is 0 Å². The normalized spacial score (nSPS) is 12.1. The van der Waals surface area contributed by atoms with Crippen molar-refractivity contribution in [1.29, 1.82) is 0 Å². The third-order valence-corrected chi connectivity index (χ3v) is 4.70. The fourth-order valence-corrected chi connectivity index (χ4v) is 3.28. The first kappa shape index (κ1) is 21.9. The Labute approximate surface area is 177 Å². The highest BCUT2D eigenvalue weighted by molar-refractivity contribution is 5.42. The summed E-state index contributed by atoms with van der Waals surface area (Å²) < 4.78 is 21.9. The number of hydrogen-bond acceptors (Lipinski definition) is 6. The number of methoxy groups -OCH3 is 2. The molecule has 0 amide bonds. The Morgan fingerprint density at radius 2 is 1.70 bits per heavy atom. The first-order valence-corrected chi connectivity index (χ1v) is 9.93. The van der Waals surface area contributed by atoms with Gasteiger partial charge in [-0.15, -0.1) is 0 Å². The Morgan fingerprint density at radius 1 is 0.900 bits per heavy atom. The zero-order valence-corrected chi connectivity index (χ0v) is 17.5. The molecule has 0 saturated carbocycles. The van der Waals surface area contributed by atoms with E-state index in [0.29, 0.717) is 37.7 Å². The molecule has 1 aromatic heterocycles. The molecule has 3 rings (SSSR count). The summed E-state index contributed by atoms with van der Waals surface area (Å²) in [6, 6.07) is 19.6. The summed E-state index contributed by atoms with van der Waals surface area (Å²) in [5.41, 5.74) is 2.14. The SMILES string of the molecule is COc1ccc(CN(Cc2ccco2)CC(O)COCc2ccccc2)cc1OC. The number of hydrogen-bond donors (Lipinski definition) is 1. The summed E-state index contributed by atoms with van der Waals surface area (Å²) in [7, 11) is 3.24. The Morgan fingerprint density at radius 3 is 2.40 bits per heavy atom. The topological polar surface area (TPSA) is 64.3 Å². The molecule has 6 heteroatoms. The van der Waals surface area contributed by atoms with E-state index in [0.717, 1.165) is 16.9 Å². The average molecular weight is 411 g/mol. The molecule has 0 aliphatic rings. The predicted molar refractivity (Wildman–Crippen MR) is 114 cm³/mol. The van der Waals surface area contributed by atoms with Crippen LogP contribution in [0.3, 0.4) is 0 Å². The second-order valence-corrected chi connectivity index (χ2v) is 7.09. The molecule has 0 aliphatic carbocycles. The van der Waals surface area contributed by atoms with E-state index >= 15 is 0 Å². The molecule has 30 heavy (non-hydrogen) atoms. The van der Waals surface area contributed by atoms with Crippen LogP contribution in [0.15, 0.2) is 71.3 Å². The first-order chi connectivity index (χ1) is 14.7. The molecule has 1 unspecified atom stereocenters. The van der Waals surface area contributed by atoms with Crippen LogP contribution < -0.4 is 9.47 Å². The van der Waals surface area contributed by atoms with Crippen LogP contribution in [-0.2, 0) is 24.4 Å². The number of nitrogens with zero attached hydrogens (tertiary/aromatic N) is 1. The maximum Gasteiger partial charge on any atom is 0.161 e. The van der Waals surface area contributed by atoms with Crippen LogP contribution in [0.2, 0.25) is 0 Å². The van der Waals surface area contributed by atoms with E-state index in [9.17, 15) is 5.11 Å². The first-order valence-electron chi connectivity index (χ1n) is 9.93. The van der Waals surface area contributed by atoms with Crippen molar-refractivity contribution in [3.63, 3.8) is 0 Å². The van der Waals surface area contributed by atoms with Gasteiger partial charge in [-0.05, 0) is 35.4 Å². The maximum absolute atomic E-state index is 10.5. The Hall–Kier alpha value is -2.80. The van der Waals surface area contributed by atoms with Gasteiger partial charge in [0, 0.05) is 13.1 Å². The second kappa shape index (κ2) is 11.4. The number of ether oxygens (including phenoxy) is 3. The fourth-order valence-electron chi connectivity index (χ4n) is 3.28. The van der Waals surface area contributed by atoms with Crippen LogP contribution in [0.5, 0.6) is 11.5 Å². The summed E-state index contributed by atoms with van der Waals surface area (Å²) in [4.78, 5) is 2.12. The fraction of sp³-hybridized carbons (Fsp3) is 0.333. The summed E-state index contributed by atoms with van der Waals surface area (Å²) >= 11 is 0. The lowest BCUT2D eigenvalue weighted by Crippen LogP contribution is -2.34. The number of furan rings is 1. The van der Waals surface area contributed by atoms with Crippen LogP contribution in [0.25, 0.3) is 0 Å². The third kappa shape index (κ3) is 6.62. The highest BCUT2D eigenvalue weighted by Crippen LogP contribution is 2.28. The molecule has 0 fully saturated rings. The van der Waals surface area contributed by atoms with Crippen molar-refractivity contribution in [3.8, 4) is 11.5 Å². The molecule has 0 aliphatic heterocycles. The van der Waals surface area contributed by atoms with E-state index in [1.165, 1.54) is 0 Å². The summed E-state index contributed by atoms with van der Waals surface area (Å²) in [6.07, 6.45) is 1.03. The number of aliphatic hydroxyl groups excluding tert-OH is 1. The quantitative estimate of drug-likeness (QED) is 0.488. The minimum Gasteiger partial charge on any atom is -0.493 e. The van der Waals surface area contributed by atoms with E-state index in [-0.39, 0.29) is 6.61 Å². The van der Waals surface area contributed by atoms with Gasteiger partial charge in [-0.1, -0.05) is 36.4 Å². The Balaban J connectivity index is 1.60. The van der Waals surface area contributed by atoms with Crippen LogP contribution in [0.1, 0.15) is 16.9 Å². The standard InChI is InChI=1S/C24H29NO5/c1-27-23-11-10-20(13-24(23)28-2)14-25(16-22-9-6-12-30-22)15-21(26)18-29-17-19-7-4-3-5-8-19/h3-13,21,26H,14-18H2,1-2H3. The van der Waals surface area contributed by atoms with Gasteiger partial charge in [0.2, 0.25) is 0 Å². The van der Waals surface area contributed by atoms with Crippen LogP contribution in [-0.4, -0.2) is 43.5 Å². The van der Waals surface area contributed by atoms with Gasteiger partial charge in [-0.25, -0.2) is 0 Å². The van der Waals surface area contributed by atoms with Crippen molar-refractivity contribution in [2.75, 3.05) is 27.4 Å². The van der Waals surface area contributed by atoms with Gasteiger partial charge < -0.3 is 23.7 Å². The van der Waals surface area contributed by atoms with Crippen molar-refractivity contribution in [3.05, 3.63) is 83.8 Å². The Kier molecular flexibility index (Phi) is 8.32. The third-order valence-electron chi connectivity index (χ3n) is 4.70. The van der Waals surface area contributed by atoms with Crippen molar-refractivity contribution >= 4 is 0 Å². The second-order valence-electron chi connectivity index (χ2n) is 7.09. The van der Waals surface area contributed by atoms with Gasteiger partial charge in [-0.2, -0.15) is 0 Å². The van der Waals surface area contributed by atoms with Crippen LogP contribution >= 0.6 is 0 Å². The highest BCUT2D eigenvalue weighted by Gasteiger charge is 2.16. The van der Waals surface area contributed by atoms with Gasteiger partial charge in [0.25, 0.3) is 0 Å². The van der Waals surface area contributed by atoms with Gasteiger partial charge in [0.15, 0.2) is 11.5 Å². The number of rotatable bonds is 12. The Bertz CT molecular complexity index is 867. The van der Waals surface area contributed by atoms with Crippen LogP contribution in [0, 0.1) is 0 Å². The lowest BCUT2D eigenvalue weighted by Gasteiger charge is -2.24. The average Bonchev–Trinajstić information content (AvgIpc) is 3.27. The van der Waals surface area contributed by atoms with Crippen molar-refractivity contribution in [2.24, 2.45) is 0 Å². The predicted octanol–water partition coefficient (Wildman–Crippen LogP) is 3.88. The maximum atomic E-state index is 10.5. The van der Waals surface area contributed by atoms with E-state index in [4.69, 9.17) is 18.6 Å². The molecule has 3 aromatic rings. The molecule has 1 heterocycles. The van der Waals surface area contributed by atoms with Crippen molar-refractivity contribution < 1.29 is 23.7 Å². The van der Waals surface area contributed by atoms with E-state index in [1.54, 1.807) is 20.5 Å². The number of benzene rings is 2. The zero-order valence-electron chi connectivity index (χ0n) is 17.5. The van der Waals surface area contributed by atoms with E-state index < -0.39 is 6.10 Å². The largest absolute Gasteiger partial charge is 0.493 e. The number of aliphatic hydroxyl groups is 1. The smallest absolute Gasteiger partial charge is 0.161 e. The minimum absolute atomic E-state index is 0.259. The lowest BCUT2D eigenvalue weighted by atomic mass is 10.1. The highest BCUT2D eigenvalue weighted by atomic mass is 16.5. The molecular weight excluding hydrogens is 382 g/mol. The van der Waals surface area contributed by atoms with E-state index in [2.05, 4.69) is 4.90 Å². The van der Waals surface area contributed by atoms with Crippen LogP contribution in [0.4, 0.5) is 0 Å². The monoisotopic (exact) mass is 411 g/mol. The molecule has 0 saturated heterocycles. The molecule has 6 nitrogen and oxygen atoms in total. The molecule has 0 bridgehead atoms. The van der Waals surface area contributed by atoms with Crippen molar-refractivity contribution in [1.82, 2.24) is 4.90 Å². The zero-order chi connectivity index (χ0) is 21.2. The lowest BCUT2D eigenvalue weighted by molar-refractivity contribution is 0.00613. The van der Waals surface area contributed by atoms with Crippen molar-refractivity contribution in [2.45, 2.75) is 25.8 Å². The minimum atomic E-state index is -0.621. The molecular formula is C24H29NO5. The molecule has 0 spiro atoms. The molecule has 160 valence electrons. The molecule has 2 aromatic carbocycles. The van der Waals surface area contributed by atoms with Gasteiger partial charge in [0.1, 0.15) is 5.76 Å². The molecule has 1 atom stereocenters. The summed E-state index contributed by atoms with van der Waals surface area (Å²) in [5, 5.41) is 10.5. The molecule has 0 radical (unpaired) electrons. The summed E-state index contributed by atoms with van der Waals surface area (Å²) in [6.45, 7) is 2.39. The molecule has 1 N–H and O–H groups in total. The van der Waals surface area contributed by atoms with E-state index in [1.807, 2.05) is 60.7 Å². The summed E-state index contributed by atoms with van der Waals surface area (Å²) in [5.74, 6) is 2.21. The van der Waals surface area contributed by atoms with Gasteiger partial charge in [-0.3, -0.25) is 4.90 Å². The van der Waals surface area contributed by atoms with Gasteiger partial charge in [0.05, 0.1) is 46.3 Å².